The topological polar surface area (TPSA) is 87.7 Å². The number of carbonyl (C=O) groups is 3. The summed E-state index contributed by atoms with van der Waals surface area (Å²) in [6, 6.07) is 9.95. The molecule has 3 amide bonds. The van der Waals surface area contributed by atoms with Crippen LogP contribution in [0.25, 0.3) is 0 Å². The van der Waals surface area contributed by atoms with Gasteiger partial charge in [-0.15, -0.1) is 0 Å². The van der Waals surface area contributed by atoms with Crippen molar-refractivity contribution in [2.75, 3.05) is 17.3 Å². The number of alkyl carbamates (subject to hydrolysis) is 1. The molecule has 0 heterocycles. The maximum atomic E-state index is 14.7. The molecule has 8 heteroatoms. The molecule has 2 N–H and O–H groups in total. The Labute approximate surface area is 251 Å². The van der Waals surface area contributed by atoms with Crippen molar-refractivity contribution in [3.8, 4) is 0 Å². The quantitative estimate of drug-likeness (QED) is 0.291. The fourth-order valence-electron chi connectivity index (χ4n) is 4.90. The van der Waals surface area contributed by atoms with Gasteiger partial charge >= 0.3 is 6.09 Å². The Hall–Kier alpha value is -3.00. The summed E-state index contributed by atoms with van der Waals surface area (Å²) in [5.41, 5.74) is 3.79. The molecule has 0 aliphatic rings. The lowest BCUT2D eigenvalue weighted by Gasteiger charge is -2.45. The van der Waals surface area contributed by atoms with Crippen LogP contribution in [-0.4, -0.2) is 52.0 Å². The molecule has 2 atom stereocenters. The minimum Gasteiger partial charge on any atom is -0.444 e. The zero-order chi connectivity index (χ0) is 31.1. The maximum Gasteiger partial charge on any atom is 0.408 e. The maximum absolute atomic E-state index is 14.7. The summed E-state index contributed by atoms with van der Waals surface area (Å²) in [6.45, 7) is 19.1. The fourth-order valence-corrected chi connectivity index (χ4v) is 5.37. The molecule has 2 aromatic carbocycles. The third-order valence-electron chi connectivity index (χ3n) is 7.41. The van der Waals surface area contributed by atoms with Gasteiger partial charge < -0.3 is 20.3 Å². The molecule has 226 valence electrons. The van der Waals surface area contributed by atoms with Gasteiger partial charge in [-0.25, -0.2) is 4.79 Å². The van der Waals surface area contributed by atoms with Crippen LogP contribution in [0.1, 0.15) is 88.2 Å². The molecule has 0 bridgehead atoms. The van der Waals surface area contributed by atoms with Gasteiger partial charge in [0.25, 0.3) is 5.91 Å². The van der Waals surface area contributed by atoms with E-state index in [1.807, 2.05) is 91.1 Å². The molecule has 0 saturated carbocycles. The first-order valence-electron chi connectivity index (χ1n) is 14.3. The Morgan fingerprint density at radius 3 is 1.88 bits per heavy atom. The minimum absolute atomic E-state index is 0.296. The van der Waals surface area contributed by atoms with E-state index in [1.165, 1.54) is 0 Å². The average Bonchev–Trinajstić information content (AvgIpc) is 2.86. The summed E-state index contributed by atoms with van der Waals surface area (Å²) < 4.78 is 5.52. The standard InChI is InChI=1S/C33H49N3O4S/c1-12-33(9,10)36(30(38)25(19-20-41-11)34-31(39)40-32(6,7)8)28(26-21(2)15-13-16-22(26)3)29(37)35-27-23(4)17-14-18-24(27)5/h13-18,25,28H,12,19-20H2,1-11H3,(H,34,39)(H,35,37). The Balaban J connectivity index is 2.74. The van der Waals surface area contributed by atoms with E-state index in [-0.39, 0.29) is 11.8 Å². The first kappa shape index (κ1) is 34.2. The van der Waals surface area contributed by atoms with Crippen LogP contribution in [-0.2, 0) is 14.3 Å². The number of ether oxygens (including phenoxy) is 1. The molecule has 0 fully saturated rings. The van der Waals surface area contributed by atoms with E-state index in [9.17, 15) is 14.4 Å². The van der Waals surface area contributed by atoms with Crippen LogP contribution in [0, 0.1) is 27.7 Å². The summed E-state index contributed by atoms with van der Waals surface area (Å²) in [6.07, 6.45) is 2.29. The van der Waals surface area contributed by atoms with Crippen molar-refractivity contribution in [3.63, 3.8) is 0 Å². The van der Waals surface area contributed by atoms with Gasteiger partial charge in [0, 0.05) is 11.2 Å². The number of rotatable bonds is 11. The molecule has 0 spiro atoms. The molecule has 2 unspecified atom stereocenters. The smallest absolute Gasteiger partial charge is 0.408 e. The summed E-state index contributed by atoms with van der Waals surface area (Å²) in [7, 11) is 0. The number of thioether (sulfide) groups is 1. The molecule has 0 saturated heterocycles. The van der Waals surface area contributed by atoms with Crippen LogP contribution in [0.3, 0.4) is 0 Å². The molecule has 0 aliphatic heterocycles. The zero-order valence-electron chi connectivity index (χ0n) is 26.7. The second-order valence-electron chi connectivity index (χ2n) is 12.3. The highest BCUT2D eigenvalue weighted by Gasteiger charge is 2.44. The van der Waals surface area contributed by atoms with Gasteiger partial charge in [-0.1, -0.05) is 43.3 Å². The van der Waals surface area contributed by atoms with Crippen molar-refractivity contribution < 1.29 is 19.1 Å². The monoisotopic (exact) mass is 583 g/mol. The number of aryl methyl sites for hydroxylation is 4. The van der Waals surface area contributed by atoms with Crippen molar-refractivity contribution in [1.82, 2.24) is 10.2 Å². The number of hydrogen-bond donors (Lipinski definition) is 2. The summed E-state index contributed by atoms with van der Waals surface area (Å²) >= 11 is 1.59. The van der Waals surface area contributed by atoms with E-state index in [1.54, 1.807) is 37.4 Å². The first-order valence-corrected chi connectivity index (χ1v) is 15.7. The normalized spacial score (nSPS) is 13.2. The van der Waals surface area contributed by atoms with Crippen LogP contribution >= 0.6 is 11.8 Å². The van der Waals surface area contributed by atoms with Crippen molar-refractivity contribution in [3.05, 3.63) is 64.2 Å². The highest BCUT2D eigenvalue weighted by atomic mass is 32.2. The van der Waals surface area contributed by atoms with E-state index >= 15 is 0 Å². The van der Waals surface area contributed by atoms with Crippen LogP contribution in [0.5, 0.6) is 0 Å². The summed E-state index contributed by atoms with van der Waals surface area (Å²) in [5, 5.41) is 6.00. The molecule has 2 rings (SSSR count). The molecular weight excluding hydrogens is 534 g/mol. The fraction of sp³-hybridized carbons (Fsp3) is 0.545. The number of nitrogens with one attached hydrogen (secondary N) is 2. The predicted octanol–water partition coefficient (Wildman–Crippen LogP) is 7.26. The van der Waals surface area contributed by atoms with Gasteiger partial charge in [-0.05, 0) is 115 Å². The molecule has 0 aromatic heterocycles. The highest BCUT2D eigenvalue weighted by Crippen LogP contribution is 2.36. The lowest BCUT2D eigenvalue weighted by atomic mass is 9.88. The largest absolute Gasteiger partial charge is 0.444 e. The number of carbonyl (C=O) groups excluding carboxylic acids is 3. The highest BCUT2D eigenvalue weighted by molar-refractivity contribution is 7.98. The van der Waals surface area contributed by atoms with Crippen LogP contribution in [0.2, 0.25) is 0 Å². The predicted molar refractivity (Wildman–Crippen MR) is 171 cm³/mol. The van der Waals surface area contributed by atoms with Crippen LogP contribution in [0.4, 0.5) is 10.5 Å². The molecule has 7 nitrogen and oxygen atoms in total. The lowest BCUT2D eigenvalue weighted by molar-refractivity contribution is -0.147. The number of benzene rings is 2. The van der Waals surface area contributed by atoms with Crippen molar-refractivity contribution in [2.24, 2.45) is 0 Å². The van der Waals surface area contributed by atoms with Gasteiger partial charge in [0.1, 0.15) is 17.7 Å². The van der Waals surface area contributed by atoms with Crippen LogP contribution in [0.15, 0.2) is 36.4 Å². The number of hydrogen-bond acceptors (Lipinski definition) is 5. The van der Waals surface area contributed by atoms with E-state index < -0.39 is 29.3 Å². The van der Waals surface area contributed by atoms with E-state index in [0.717, 1.165) is 33.5 Å². The number of nitrogens with zero attached hydrogens (tertiary/aromatic N) is 1. The van der Waals surface area contributed by atoms with Gasteiger partial charge in [0.05, 0.1) is 0 Å². The molecular formula is C33H49N3O4S. The van der Waals surface area contributed by atoms with Gasteiger partial charge in [0.15, 0.2) is 0 Å². The Morgan fingerprint density at radius 1 is 0.902 bits per heavy atom. The molecule has 41 heavy (non-hydrogen) atoms. The third kappa shape index (κ3) is 8.99. The minimum atomic E-state index is -0.935. The first-order chi connectivity index (χ1) is 19.0. The Bertz CT molecular complexity index is 1190. The third-order valence-corrected chi connectivity index (χ3v) is 8.05. The second kappa shape index (κ2) is 14.3. The van der Waals surface area contributed by atoms with E-state index in [4.69, 9.17) is 4.74 Å². The van der Waals surface area contributed by atoms with E-state index in [0.29, 0.717) is 18.6 Å². The zero-order valence-corrected chi connectivity index (χ0v) is 27.5. The molecule has 2 aromatic rings. The second-order valence-corrected chi connectivity index (χ2v) is 13.3. The number of amides is 3. The van der Waals surface area contributed by atoms with Crippen molar-refractivity contribution >= 4 is 35.4 Å². The van der Waals surface area contributed by atoms with Crippen LogP contribution < -0.4 is 10.6 Å². The number of anilines is 1. The van der Waals surface area contributed by atoms with Crippen molar-refractivity contribution in [2.45, 2.75) is 105 Å². The number of para-hydroxylation sites is 1. The van der Waals surface area contributed by atoms with Gasteiger partial charge in [0.2, 0.25) is 5.91 Å². The Kier molecular flexibility index (Phi) is 11.9. The molecule has 0 aliphatic carbocycles. The summed E-state index contributed by atoms with van der Waals surface area (Å²) in [4.78, 5) is 43.7. The average molecular weight is 584 g/mol. The van der Waals surface area contributed by atoms with Crippen molar-refractivity contribution in [1.29, 1.82) is 0 Å². The molecule has 0 radical (unpaired) electrons. The van der Waals surface area contributed by atoms with E-state index in [2.05, 4.69) is 10.6 Å². The summed E-state index contributed by atoms with van der Waals surface area (Å²) in [5.74, 6) is 0.0338. The Morgan fingerprint density at radius 2 is 1.41 bits per heavy atom. The lowest BCUT2D eigenvalue weighted by Crippen LogP contribution is -2.59. The van der Waals surface area contributed by atoms with Gasteiger partial charge in [-0.3, -0.25) is 9.59 Å². The SMILES string of the molecule is CCC(C)(C)N(C(=O)C(CCSC)NC(=O)OC(C)(C)C)C(C(=O)Nc1c(C)cccc1C)c1c(C)cccc1C. The van der Waals surface area contributed by atoms with Gasteiger partial charge in [-0.2, -0.15) is 11.8 Å².